The van der Waals surface area contributed by atoms with Crippen LogP contribution in [0.5, 0.6) is 0 Å². The third-order valence-corrected chi connectivity index (χ3v) is 2.39. The molecule has 0 radical (unpaired) electrons. The van der Waals surface area contributed by atoms with E-state index in [1.807, 2.05) is 19.1 Å². The van der Waals surface area contributed by atoms with Crippen LogP contribution in [0, 0.1) is 25.2 Å². The summed E-state index contributed by atoms with van der Waals surface area (Å²) in [7, 11) is 0. The van der Waals surface area contributed by atoms with Gasteiger partial charge in [-0.25, -0.2) is 0 Å². The van der Waals surface area contributed by atoms with E-state index in [4.69, 9.17) is 9.78 Å². The number of nitriles is 1. The van der Waals surface area contributed by atoms with Crippen LogP contribution in [0.3, 0.4) is 0 Å². The van der Waals surface area contributed by atoms with Crippen LogP contribution < -0.4 is 5.32 Å². The van der Waals surface area contributed by atoms with Crippen molar-refractivity contribution in [2.45, 2.75) is 20.4 Å². The van der Waals surface area contributed by atoms with E-state index < -0.39 is 0 Å². The first-order chi connectivity index (χ1) is 8.20. The lowest BCUT2D eigenvalue weighted by atomic mass is 10.1. The Hall–Kier alpha value is -2.35. The molecule has 1 aromatic heterocycles. The Bertz CT molecular complexity index is 568. The van der Waals surface area contributed by atoms with Crippen molar-refractivity contribution < 1.29 is 4.52 Å². The zero-order valence-electron chi connectivity index (χ0n) is 9.69. The molecule has 1 heterocycles. The maximum Gasteiger partial charge on any atom is 0.223 e. The summed E-state index contributed by atoms with van der Waals surface area (Å²) in [5.41, 5.74) is 2.45. The van der Waals surface area contributed by atoms with Crippen LogP contribution in [0.1, 0.15) is 22.8 Å². The summed E-state index contributed by atoms with van der Waals surface area (Å²) in [5.74, 6) is 1.11. The van der Waals surface area contributed by atoms with Crippen LogP contribution in [-0.2, 0) is 6.54 Å². The number of hydrogen-bond acceptors (Lipinski definition) is 5. The molecular formula is C12H12N4O. The van der Waals surface area contributed by atoms with Gasteiger partial charge in [0.15, 0.2) is 5.82 Å². The summed E-state index contributed by atoms with van der Waals surface area (Å²) in [5, 5.41) is 15.9. The molecule has 0 saturated carbocycles. The van der Waals surface area contributed by atoms with Crippen molar-refractivity contribution in [2.24, 2.45) is 0 Å². The molecule has 0 fully saturated rings. The van der Waals surface area contributed by atoms with Gasteiger partial charge in [0, 0.05) is 6.92 Å². The first-order valence-corrected chi connectivity index (χ1v) is 5.23. The van der Waals surface area contributed by atoms with Gasteiger partial charge >= 0.3 is 0 Å². The molecule has 0 aliphatic carbocycles. The lowest BCUT2D eigenvalue weighted by Crippen LogP contribution is -2.04. The molecule has 0 amide bonds. The Morgan fingerprint density at radius 2 is 2.24 bits per heavy atom. The number of nitrogens with zero attached hydrogens (tertiary/aromatic N) is 3. The summed E-state index contributed by atoms with van der Waals surface area (Å²) in [6.45, 7) is 4.13. The number of rotatable bonds is 3. The van der Waals surface area contributed by atoms with Crippen LogP contribution in [0.4, 0.5) is 5.69 Å². The van der Waals surface area contributed by atoms with Gasteiger partial charge < -0.3 is 9.84 Å². The van der Waals surface area contributed by atoms with Crippen LogP contribution in [0.2, 0.25) is 0 Å². The first kappa shape index (κ1) is 11.1. The van der Waals surface area contributed by atoms with Crippen LogP contribution in [0.15, 0.2) is 22.7 Å². The molecule has 2 rings (SSSR count). The summed E-state index contributed by atoms with van der Waals surface area (Å²) >= 11 is 0. The van der Waals surface area contributed by atoms with Gasteiger partial charge in [0.2, 0.25) is 5.89 Å². The minimum absolute atomic E-state index is 0.441. The van der Waals surface area contributed by atoms with Gasteiger partial charge in [0.25, 0.3) is 0 Å². The highest BCUT2D eigenvalue weighted by Crippen LogP contribution is 2.20. The van der Waals surface area contributed by atoms with Crippen molar-refractivity contribution in [1.29, 1.82) is 5.26 Å². The summed E-state index contributed by atoms with van der Waals surface area (Å²) in [6.07, 6.45) is 0. The number of benzene rings is 1. The standard InChI is InChI=1S/C12H12N4O/c1-8-4-3-5-10(6-13)12(8)14-7-11-15-9(2)17-16-11/h3-5,14H,7H2,1-2H3. The SMILES string of the molecule is Cc1nc(CNc2c(C)cccc2C#N)no1. The molecule has 1 N–H and O–H groups in total. The fourth-order valence-corrected chi connectivity index (χ4v) is 1.58. The molecule has 0 atom stereocenters. The number of aryl methyl sites for hydroxylation is 2. The van der Waals surface area contributed by atoms with Gasteiger partial charge in [-0.05, 0) is 18.6 Å². The Kier molecular flexibility index (Phi) is 3.06. The second kappa shape index (κ2) is 4.66. The minimum Gasteiger partial charge on any atom is -0.376 e. The molecule has 2 aromatic rings. The van der Waals surface area contributed by atoms with E-state index in [0.717, 1.165) is 11.3 Å². The molecule has 5 heteroatoms. The van der Waals surface area contributed by atoms with Crippen LogP contribution >= 0.6 is 0 Å². The fraction of sp³-hybridized carbons (Fsp3) is 0.250. The highest BCUT2D eigenvalue weighted by Gasteiger charge is 2.07. The highest BCUT2D eigenvalue weighted by molar-refractivity contribution is 5.62. The zero-order chi connectivity index (χ0) is 12.3. The molecule has 0 aliphatic rings. The third kappa shape index (κ3) is 2.42. The molecule has 0 spiro atoms. The summed E-state index contributed by atoms with van der Waals surface area (Å²) in [6, 6.07) is 7.73. The Morgan fingerprint density at radius 3 is 2.88 bits per heavy atom. The molecule has 0 bridgehead atoms. The molecule has 0 aliphatic heterocycles. The summed E-state index contributed by atoms with van der Waals surface area (Å²) in [4.78, 5) is 4.09. The monoisotopic (exact) mass is 228 g/mol. The minimum atomic E-state index is 0.441. The van der Waals surface area contributed by atoms with Gasteiger partial charge in [0.1, 0.15) is 6.07 Å². The van der Waals surface area contributed by atoms with Gasteiger partial charge in [-0.1, -0.05) is 17.3 Å². The largest absolute Gasteiger partial charge is 0.376 e. The first-order valence-electron chi connectivity index (χ1n) is 5.23. The smallest absolute Gasteiger partial charge is 0.223 e. The van der Waals surface area contributed by atoms with E-state index in [1.165, 1.54) is 0 Å². The maximum atomic E-state index is 9.00. The van der Waals surface area contributed by atoms with Crippen molar-refractivity contribution in [3.63, 3.8) is 0 Å². The molecule has 0 unspecified atom stereocenters. The third-order valence-electron chi connectivity index (χ3n) is 2.39. The predicted octanol–water partition coefficient (Wildman–Crippen LogP) is 2.17. The van der Waals surface area contributed by atoms with Crippen molar-refractivity contribution >= 4 is 5.69 Å². The van der Waals surface area contributed by atoms with Gasteiger partial charge in [0.05, 0.1) is 17.8 Å². The molecule has 1 aromatic carbocycles. The fourth-order valence-electron chi connectivity index (χ4n) is 1.58. The second-order valence-corrected chi connectivity index (χ2v) is 3.69. The molecular weight excluding hydrogens is 216 g/mol. The lowest BCUT2D eigenvalue weighted by Gasteiger charge is -2.08. The average molecular weight is 228 g/mol. The number of hydrogen-bond donors (Lipinski definition) is 1. The quantitative estimate of drug-likeness (QED) is 0.871. The highest BCUT2D eigenvalue weighted by atomic mass is 16.5. The molecule has 5 nitrogen and oxygen atoms in total. The number of anilines is 1. The average Bonchev–Trinajstić information content (AvgIpc) is 2.73. The molecule has 17 heavy (non-hydrogen) atoms. The maximum absolute atomic E-state index is 9.00. The van der Waals surface area contributed by atoms with Crippen molar-refractivity contribution in [3.05, 3.63) is 41.0 Å². The van der Waals surface area contributed by atoms with E-state index >= 15 is 0 Å². The van der Waals surface area contributed by atoms with Crippen LogP contribution in [0.25, 0.3) is 0 Å². The van der Waals surface area contributed by atoms with E-state index in [1.54, 1.807) is 13.0 Å². The van der Waals surface area contributed by atoms with Crippen molar-refractivity contribution in [3.8, 4) is 6.07 Å². The van der Waals surface area contributed by atoms with Crippen molar-refractivity contribution in [2.75, 3.05) is 5.32 Å². The van der Waals surface area contributed by atoms with E-state index in [-0.39, 0.29) is 0 Å². The number of aromatic nitrogens is 2. The number of nitrogens with one attached hydrogen (secondary N) is 1. The lowest BCUT2D eigenvalue weighted by molar-refractivity contribution is 0.388. The normalized spacial score (nSPS) is 9.94. The van der Waals surface area contributed by atoms with Crippen molar-refractivity contribution in [1.82, 2.24) is 10.1 Å². The Balaban J connectivity index is 2.17. The van der Waals surface area contributed by atoms with Gasteiger partial charge in [-0.2, -0.15) is 10.2 Å². The Morgan fingerprint density at radius 1 is 1.41 bits per heavy atom. The van der Waals surface area contributed by atoms with Crippen LogP contribution in [-0.4, -0.2) is 10.1 Å². The molecule has 0 saturated heterocycles. The number of para-hydroxylation sites is 1. The van der Waals surface area contributed by atoms with Gasteiger partial charge in [-0.15, -0.1) is 0 Å². The van der Waals surface area contributed by atoms with E-state index in [9.17, 15) is 0 Å². The van der Waals surface area contributed by atoms with E-state index in [0.29, 0.717) is 23.8 Å². The zero-order valence-corrected chi connectivity index (χ0v) is 9.69. The summed E-state index contributed by atoms with van der Waals surface area (Å²) < 4.78 is 4.87. The second-order valence-electron chi connectivity index (χ2n) is 3.69. The predicted molar refractivity (Wildman–Crippen MR) is 62.3 cm³/mol. The Labute approximate surface area is 99.1 Å². The topological polar surface area (TPSA) is 74.7 Å². The van der Waals surface area contributed by atoms with Gasteiger partial charge in [-0.3, -0.25) is 0 Å². The van der Waals surface area contributed by atoms with E-state index in [2.05, 4.69) is 21.5 Å². The molecule has 86 valence electrons.